The Kier molecular flexibility index (Phi) is 3.73. The van der Waals surface area contributed by atoms with Gasteiger partial charge in [-0.3, -0.25) is 0 Å². The number of nitrogens with two attached hydrogens (primary N) is 1. The minimum absolute atomic E-state index is 0.207. The molecule has 4 nitrogen and oxygen atoms in total. The van der Waals surface area contributed by atoms with E-state index in [1.807, 2.05) is 6.07 Å². The van der Waals surface area contributed by atoms with Crippen LogP contribution in [0, 0.1) is 5.82 Å². The third kappa shape index (κ3) is 2.82. The van der Waals surface area contributed by atoms with Crippen LogP contribution < -0.4 is 10.5 Å². The third-order valence-electron chi connectivity index (χ3n) is 3.95. The van der Waals surface area contributed by atoms with Gasteiger partial charge in [-0.15, -0.1) is 0 Å². The summed E-state index contributed by atoms with van der Waals surface area (Å²) >= 11 is 0. The van der Waals surface area contributed by atoms with E-state index >= 15 is 0 Å². The lowest BCUT2D eigenvalue weighted by atomic mass is 10.0. The summed E-state index contributed by atoms with van der Waals surface area (Å²) in [5, 5.41) is 0. The first-order valence-corrected chi connectivity index (χ1v) is 7.16. The molecule has 0 atom stereocenters. The SMILES string of the molecule is COc1ccc(-c2nc(N)cc(C3CCCC3)n2)cc1F. The topological polar surface area (TPSA) is 61.0 Å². The molecule has 1 aromatic heterocycles. The molecule has 2 N–H and O–H groups in total. The van der Waals surface area contributed by atoms with Crippen molar-refractivity contribution in [3.05, 3.63) is 35.8 Å². The van der Waals surface area contributed by atoms with Crippen LogP contribution in [0.15, 0.2) is 24.3 Å². The number of benzene rings is 1. The van der Waals surface area contributed by atoms with Gasteiger partial charge in [0.15, 0.2) is 17.4 Å². The van der Waals surface area contributed by atoms with Crippen molar-refractivity contribution in [1.82, 2.24) is 9.97 Å². The molecule has 5 heteroatoms. The number of methoxy groups -OCH3 is 1. The average molecular weight is 287 g/mol. The van der Waals surface area contributed by atoms with Crippen LogP contribution in [0.2, 0.25) is 0 Å². The summed E-state index contributed by atoms with van der Waals surface area (Å²) in [7, 11) is 1.44. The summed E-state index contributed by atoms with van der Waals surface area (Å²) in [5.74, 6) is 1.12. The van der Waals surface area contributed by atoms with Crippen molar-refractivity contribution in [3.63, 3.8) is 0 Å². The zero-order valence-electron chi connectivity index (χ0n) is 12.0. The Balaban J connectivity index is 1.99. The molecule has 0 unspecified atom stereocenters. The van der Waals surface area contributed by atoms with Crippen LogP contribution in [-0.2, 0) is 0 Å². The average Bonchev–Trinajstić information content (AvgIpc) is 3.01. The second-order valence-electron chi connectivity index (χ2n) is 5.37. The van der Waals surface area contributed by atoms with E-state index in [-0.39, 0.29) is 5.75 Å². The molecular weight excluding hydrogens is 269 g/mol. The molecule has 1 heterocycles. The predicted octanol–water partition coefficient (Wildman–Crippen LogP) is 3.53. The molecule has 1 aromatic carbocycles. The lowest BCUT2D eigenvalue weighted by Crippen LogP contribution is -2.03. The summed E-state index contributed by atoms with van der Waals surface area (Å²) < 4.78 is 18.8. The van der Waals surface area contributed by atoms with Crippen molar-refractivity contribution < 1.29 is 9.13 Å². The van der Waals surface area contributed by atoms with Crippen LogP contribution in [0.25, 0.3) is 11.4 Å². The maximum Gasteiger partial charge on any atom is 0.165 e. The van der Waals surface area contributed by atoms with Gasteiger partial charge in [0.2, 0.25) is 0 Å². The molecule has 0 spiro atoms. The van der Waals surface area contributed by atoms with E-state index in [9.17, 15) is 4.39 Å². The van der Waals surface area contributed by atoms with Crippen molar-refractivity contribution in [2.45, 2.75) is 31.6 Å². The summed E-state index contributed by atoms with van der Waals surface area (Å²) in [6, 6.07) is 6.53. The van der Waals surface area contributed by atoms with Gasteiger partial charge >= 0.3 is 0 Å². The first-order valence-electron chi connectivity index (χ1n) is 7.16. The number of nitrogen functional groups attached to an aromatic ring is 1. The largest absolute Gasteiger partial charge is 0.494 e. The van der Waals surface area contributed by atoms with Gasteiger partial charge in [-0.2, -0.15) is 0 Å². The fourth-order valence-electron chi connectivity index (χ4n) is 2.85. The Hall–Kier alpha value is -2.17. The van der Waals surface area contributed by atoms with Gasteiger partial charge in [0.1, 0.15) is 5.82 Å². The Morgan fingerprint density at radius 2 is 1.95 bits per heavy atom. The Morgan fingerprint density at radius 3 is 2.62 bits per heavy atom. The van der Waals surface area contributed by atoms with E-state index < -0.39 is 5.82 Å². The van der Waals surface area contributed by atoms with E-state index in [0.29, 0.717) is 23.1 Å². The summed E-state index contributed by atoms with van der Waals surface area (Å²) in [4.78, 5) is 8.82. The van der Waals surface area contributed by atoms with Gasteiger partial charge in [0.25, 0.3) is 0 Å². The van der Waals surface area contributed by atoms with Crippen molar-refractivity contribution in [3.8, 4) is 17.1 Å². The first kappa shape index (κ1) is 13.8. The van der Waals surface area contributed by atoms with Gasteiger partial charge < -0.3 is 10.5 Å². The molecule has 21 heavy (non-hydrogen) atoms. The van der Waals surface area contributed by atoms with E-state index in [4.69, 9.17) is 10.5 Å². The molecule has 0 amide bonds. The molecule has 0 radical (unpaired) electrons. The molecular formula is C16H18FN3O. The van der Waals surface area contributed by atoms with Crippen LogP contribution in [-0.4, -0.2) is 17.1 Å². The summed E-state index contributed by atoms with van der Waals surface area (Å²) in [6.07, 6.45) is 4.71. The minimum Gasteiger partial charge on any atom is -0.494 e. The number of rotatable bonds is 3. The van der Waals surface area contributed by atoms with Crippen LogP contribution in [0.1, 0.15) is 37.3 Å². The monoisotopic (exact) mass is 287 g/mol. The van der Waals surface area contributed by atoms with Gasteiger partial charge in [-0.25, -0.2) is 14.4 Å². The van der Waals surface area contributed by atoms with E-state index in [1.165, 1.54) is 26.0 Å². The minimum atomic E-state index is -0.427. The highest BCUT2D eigenvalue weighted by Gasteiger charge is 2.20. The number of hydrogen-bond acceptors (Lipinski definition) is 4. The first-order chi connectivity index (χ1) is 10.2. The fraction of sp³-hybridized carbons (Fsp3) is 0.375. The standard InChI is InChI=1S/C16H18FN3O/c1-21-14-7-6-11(8-12(14)17)16-19-13(9-15(18)20-16)10-4-2-3-5-10/h6-10H,2-5H2,1H3,(H2,18,19,20). The smallest absolute Gasteiger partial charge is 0.165 e. The fourth-order valence-corrected chi connectivity index (χ4v) is 2.85. The number of hydrogen-bond donors (Lipinski definition) is 1. The molecule has 110 valence electrons. The number of aromatic nitrogens is 2. The van der Waals surface area contributed by atoms with Gasteiger partial charge in [0.05, 0.1) is 7.11 Å². The Morgan fingerprint density at radius 1 is 1.19 bits per heavy atom. The summed E-state index contributed by atoms with van der Waals surface area (Å²) in [6.45, 7) is 0. The molecule has 0 saturated heterocycles. The molecule has 3 rings (SSSR count). The van der Waals surface area contributed by atoms with Crippen molar-refractivity contribution in [1.29, 1.82) is 0 Å². The Bertz CT molecular complexity index is 654. The van der Waals surface area contributed by atoms with Gasteiger partial charge in [0, 0.05) is 23.2 Å². The summed E-state index contributed by atoms with van der Waals surface area (Å²) in [5.41, 5.74) is 7.46. The number of ether oxygens (including phenoxy) is 1. The normalized spacial score (nSPS) is 15.3. The highest BCUT2D eigenvalue weighted by molar-refractivity contribution is 5.58. The zero-order valence-corrected chi connectivity index (χ0v) is 12.0. The second-order valence-corrected chi connectivity index (χ2v) is 5.37. The quantitative estimate of drug-likeness (QED) is 0.938. The predicted molar refractivity (Wildman–Crippen MR) is 79.6 cm³/mol. The number of halogens is 1. The third-order valence-corrected chi connectivity index (χ3v) is 3.95. The highest BCUT2D eigenvalue weighted by Crippen LogP contribution is 2.34. The number of nitrogens with zero attached hydrogens (tertiary/aromatic N) is 2. The lowest BCUT2D eigenvalue weighted by molar-refractivity contribution is 0.386. The van der Waals surface area contributed by atoms with E-state index in [1.54, 1.807) is 12.1 Å². The molecule has 1 aliphatic carbocycles. The highest BCUT2D eigenvalue weighted by atomic mass is 19.1. The second kappa shape index (κ2) is 5.68. The molecule has 1 aliphatic rings. The van der Waals surface area contributed by atoms with Gasteiger partial charge in [-0.05, 0) is 31.0 Å². The zero-order chi connectivity index (χ0) is 14.8. The van der Waals surface area contributed by atoms with E-state index in [0.717, 1.165) is 18.5 Å². The van der Waals surface area contributed by atoms with Crippen LogP contribution >= 0.6 is 0 Å². The molecule has 2 aromatic rings. The lowest BCUT2D eigenvalue weighted by Gasteiger charge is -2.11. The van der Waals surface area contributed by atoms with Crippen LogP contribution in [0.3, 0.4) is 0 Å². The molecule has 1 saturated carbocycles. The maximum atomic E-state index is 13.8. The Labute approximate surface area is 123 Å². The van der Waals surface area contributed by atoms with Crippen molar-refractivity contribution >= 4 is 5.82 Å². The maximum absolute atomic E-state index is 13.8. The van der Waals surface area contributed by atoms with Crippen LogP contribution in [0.4, 0.5) is 10.2 Å². The number of anilines is 1. The van der Waals surface area contributed by atoms with Crippen molar-refractivity contribution in [2.75, 3.05) is 12.8 Å². The molecule has 0 bridgehead atoms. The molecule has 0 aliphatic heterocycles. The van der Waals surface area contributed by atoms with Crippen LogP contribution in [0.5, 0.6) is 5.75 Å². The van der Waals surface area contributed by atoms with Crippen molar-refractivity contribution in [2.24, 2.45) is 0 Å². The molecule has 1 fully saturated rings. The van der Waals surface area contributed by atoms with E-state index in [2.05, 4.69) is 9.97 Å². The van der Waals surface area contributed by atoms with Gasteiger partial charge in [-0.1, -0.05) is 12.8 Å².